The highest BCUT2D eigenvalue weighted by Gasteiger charge is 2.42. The molecule has 2 aromatic heterocycles. The number of rotatable bonds is 6. The number of aromatic nitrogens is 2. The van der Waals surface area contributed by atoms with E-state index in [2.05, 4.69) is 241 Å². The molecule has 0 aliphatic heterocycles. The molecule has 12 rings (SSSR count). The summed E-state index contributed by atoms with van der Waals surface area (Å²) in [6.07, 6.45) is 0. The molecule has 2 heterocycles. The summed E-state index contributed by atoms with van der Waals surface area (Å²) in [5.41, 5.74) is 12.7. The largest absolute Gasteiger partial charge is 0.309 e. The second-order valence-electron chi connectivity index (χ2n) is 16.9. The molecule has 3 heteroatoms. The molecule has 11 aromatic rings. The van der Waals surface area contributed by atoms with Crippen molar-refractivity contribution in [3.63, 3.8) is 0 Å². The molecule has 1 aliphatic carbocycles. The topological polar surface area (TPSA) is 9.86 Å². The number of nitrogens with zero attached hydrogens (tertiary/aromatic N) is 2. The third-order valence-electron chi connectivity index (χ3n) is 13.5. The van der Waals surface area contributed by atoms with E-state index in [1.807, 2.05) is 0 Å². The molecule has 0 radical (unpaired) electrons. The van der Waals surface area contributed by atoms with Crippen LogP contribution in [0, 0.1) is 0 Å². The first-order chi connectivity index (χ1) is 29.5. The minimum atomic E-state index is -2.90. The molecule has 0 fully saturated rings. The molecular weight excluding hydrogens is 741 g/mol. The van der Waals surface area contributed by atoms with Gasteiger partial charge in [-0.25, -0.2) is 0 Å². The standard InChI is InChI=1S/C57H42N2Si/c1-57(2)50-28-13-9-27-49(50)55-51(57)37-36-48-47-26-12-16-31-54(47)59(56(48)55)39-32-34-43(35-33-39)60(41-19-5-3-6-20-41,42-21-7-4-8-22-42)44-23-17-18-40(38-44)58-52-29-14-10-24-45(52)46-25-11-15-30-53(46)58/h3-38H,1-2H3. The first kappa shape index (κ1) is 34.8. The lowest BCUT2D eigenvalue weighted by Gasteiger charge is -2.35. The Morgan fingerprint density at radius 3 is 1.48 bits per heavy atom. The molecule has 60 heavy (non-hydrogen) atoms. The Kier molecular flexibility index (Phi) is 7.63. The number of hydrogen-bond donors (Lipinski definition) is 0. The van der Waals surface area contributed by atoms with E-state index in [1.54, 1.807) is 0 Å². The maximum Gasteiger partial charge on any atom is 0.179 e. The smallest absolute Gasteiger partial charge is 0.179 e. The van der Waals surface area contributed by atoms with Gasteiger partial charge in [0.25, 0.3) is 0 Å². The molecule has 2 nitrogen and oxygen atoms in total. The van der Waals surface area contributed by atoms with E-state index in [4.69, 9.17) is 0 Å². The van der Waals surface area contributed by atoms with Gasteiger partial charge in [-0.05, 0) is 79.9 Å². The first-order valence-corrected chi connectivity index (χ1v) is 23.0. The van der Waals surface area contributed by atoms with Crippen molar-refractivity contribution in [1.29, 1.82) is 0 Å². The van der Waals surface area contributed by atoms with Gasteiger partial charge in [-0.3, -0.25) is 0 Å². The Hall–Kier alpha value is -7.20. The number of fused-ring (bicyclic) bond motifs is 10. The Morgan fingerprint density at radius 2 is 0.850 bits per heavy atom. The summed E-state index contributed by atoms with van der Waals surface area (Å²) in [6, 6.07) is 81.9. The molecule has 0 saturated carbocycles. The molecule has 0 saturated heterocycles. The van der Waals surface area contributed by atoms with Crippen molar-refractivity contribution in [2.24, 2.45) is 0 Å². The van der Waals surface area contributed by atoms with Gasteiger partial charge < -0.3 is 9.13 Å². The number of benzene rings is 9. The Labute approximate surface area is 351 Å². The minimum Gasteiger partial charge on any atom is -0.309 e. The van der Waals surface area contributed by atoms with Gasteiger partial charge in [-0.1, -0.05) is 190 Å². The van der Waals surface area contributed by atoms with E-state index in [-0.39, 0.29) is 5.41 Å². The van der Waals surface area contributed by atoms with E-state index in [0.717, 1.165) is 0 Å². The molecule has 0 bridgehead atoms. The average Bonchev–Trinajstić information content (AvgIpc) is 3.91. The fourth-order valence-corrected chi connectivity index (χ4v) is 15.6. The summed E-state index contributed by atoms with van der Waals surface area (Å²) < 4.78 is 4.98. The zero-order valence-corrected chi connectivity index (χ0v) is 34.7. The molecule has 0 unspecified atom stereocenters. The van der Waals surface area contributed by atoms with Gasteiger partial charge in [-0.15, -0.1) is 0 Å². The molecule has 0 amide bonds. The van der Waals surface area contributed by atoms with Gasteiger partial charge in [0.2, 0.25) is 0 Å². The summed E-state index contributed by atoms with van der Waals surface area (Å²) >= 11 is 0. The van der Waals surface area contributed by atoms with Crippen LogP contribution < -0.4 is 20.7 Å². The van der Waals surface area contributed by atoms with Gasteiger partial charge in [0.15, 0.2) is 8.07 Å². The van der Waals surface area contributed by atoms with Crippen LogP contribution in [0.3, 0.4) is 0 Å². The fourth-order valence-electron chi connectivity index (χ4n) is 10.8. The molecule has 0 spiro atoms. The van der Waals surface area contributed by atoms with Crippen LogP contribution in [-0.4, -0.2) is 17.2 Å². The van der Waals surface area contributed by atoms with Crippen molar-refractivity contribution in [3.8, 4) is 22.5 Å². The van der Waals surface area contributed by atoms with Gasteiger partial charge in [0.1, 0.15) is 0 Å². The highest BCUT2D eigenvalue weighted by atomic mass is 28.3. The van der Waals surface area contributed by atoms with E-state index in [1.165, 1.54) is 98.0 Å². The zero-order valence-electron chi connectivity index (χ0n) is 33.7. The van der Waals surface area contributed by atoms with Crippen LogP contribution in [0.15, 0.2) is 218 Å². The van der Waals surface area contributed by atoms with Crippen LogP contribution in [0.2, 0.25) is 0 Å². The maximum atomic E-state index is 2.53. The summed E-state index contributed by atoms with van der Waals surface area (Å²) in [5.74, 6) is 0. The fraction of sp³-hybridized carbons (Fsp3) is 0.0526. The monoisotopic (exact) mass is 782 g/mol. The highest BCUT2D eigenvalue weighted by molar-refractivity contribution is 7.19. The van der Waals surface area contributed by atoms with E-state index >= 15 is 0 Å². The van der Waals surface area contributed by atoms with Crippen molar-refractivity contribution in [2.45, 2.75) is 19.3 Å². The average molecular weight is 783 g/mol. The summed E-state index contributed by atoms with van der Waals surface area (Å²) in [4.78, 5) is 0. The lowest BCUT2D eigenvalue weighted by molar-refractivity contribution is 0.661. The van der Waals surface area contributed by atoms with Crippen LogP contribution in [0.1, 0.15) is 25.0 Å². The lowest BCUT2D eigenvalue weighted by Crippen LogP contribution is -2.74. The molecule has 284 valence electrons. The second kappa shape index (κ2) is 13.2. The number of hydrogen-bond acceptors (Lipinski definition) is 0. The zero-order chi connectivity index (χ0) is 40.0. The quantitative estimate of drug-likeness (QED) is 0.117. The lowest BCUT2D eigenvalue weighted by atomic mass is 9.82. The van der Waals surface area contributed by atoms with Crippen molar-refractivity contribution in [2.75, 3.05) is 0 Å². The predicted molar refractivity (Wildman–Crippen MR) is 256 cm³/mol. The summed E-state index contributed by atoms with van der Waals surface area (Å²) in [7, 11) is -2.90. The predicted octanol–water partition coefficient (Wildman–Crippen LogP) is 11.6. The summed E-state index contributed by atoms with van der Waals surface area (Å²) in [5, 5.41) is 10.5. The minimum absolute atomic E-state index is 0.0877. The van der Waals surface area contributed by atoms with Crippen molar-refractivity contribution in [1.82, 2.24) is 9.13 Å². The third-order valence-corrected chi connectivity index (χ3v) is 18.2. The van der Waals surface area contributed by atoms with Gasteiger partial charge >= 0.3 is 0 Å². The van der Waals surface area contributed by atoms with Crippen molar-refractivity contribution in [3.05, 3.63) is 230 Å². The van der Waals surface area contributed by atoms with Gasteiger partial charge in [0, 0.05) is 43.9 Å². The third kappa shape index (κ3) is 4.81. The van der Waals surface area contributed by atoms with E-state index < -0.39 is 8.07 Å². The molecule has 1 aliphatic rings. The van der Waals surface area contributed by atoms with Crippen molar-refractivity contribution >= 4 is 72.4 Å². The van der Waals surface area contributed by atoms with Crippen LogP contribution in [0.5, 0.6) is 0 Å². The second-order valence-corrected chi connectivity index (χ2v) is 20.7. The Balaban J connectivity index is 1.12. The Morgan fingerprint density at radius 1 is 0.350 bits per heavy atom. The van der Waals surface area contributed by atoms with Gasteiger partial charge in [0.05, 0.1) is 22.1 Å². The van der Waals surface area contributed by atoms with Gasteiger partial charge in [-0.2, -0.15) is 0 Å². The highest BCUT2D eigenvalue weighted by Crippen LogP contribution is 2.52. The molecule has 0 N–H and O–H groups in total. The first-order valence-electron chi connectivity index (χ1n) is 21.0. The van der Waals surface area contributed by atoms with E-state index in [9.17, 15) is 0 Å². The normalized spacial score (nSPS) is 13.3. The van der Waals surface area contributed by atoms with Crippen LogP contribution in [0.4, 0.5) is 0 Å². The molecule has 0 atom stereocenters. The van der Waals surface area contributed by atoms with Crippen LogP contribution >= 0.6 is 0 Å². The molecule has 9 aromatic carbocycles. The Bertz CT molecular complexity index is 3350. The number of para-hydroxylation sites is 3. The SMILES string of the molecule is CC1(C)c2ccccc2-c2c1ccc1c3ccccc3n(-c3ccc([Si](c4ccccc4)(c4ccccc4)c4cccc(-n5c6ccccc6c6ccccc65)c4)cc3)c21. The van der Waals surface area contributed by atoms with Crippen LogP contribution in [-0.2, 0) is 5.41 Å². The summed E-state index contributed by atoms with van der Waals surface area (Å²) in [6.45, 7) is 4.75. The molecular formula is C57H42N2Si. The van der Waals surface area contributed by atoms with Crippen molar-refractivity contribution < 1.29 is 0 Å². The maximum absolute atomic E-state index is 2.90. The van der Waals surface area contributed by atoms with E-state index in [0.29, 0.717) is 0 Å². The van der Waals surface area contributed by atoms with Crippen LogP contribution in [0.25, 0.3) is 66.1 Å².